The van der Waals surface area contributed by atoms with E-state index in [0.29, 0.717) is 13.2 Å². The van der Waals surface area contributed by atoms with Crippen molar-refractivity contribution in [3.8, 4) is 0 Å². The fourth-order valence-electron chi connectivity index (χ4n) is 2.41. The van der Waals surface area contributed by atoms with Crippen LogP contribution in [0.5, 0.6) is 0 Å². The average Bonchev–Trinajstić information content (AvgIpc) is 2.94. The first kappa shape index (κ1) is 21.3. The number of aromatic nitrogens is 2. The molecule has 0 aliphatic rings. The molecule has 6 heteroatoms. The van der Waals surface area contributed by atoms with Crippen molar-refractivity contribution in [2.24, 2.45) is 0 Å². The normalized spacial score (nSPS) is 13.8. The molecule has 1 unspecified atom stereocenters. The summed E-state index contributed by atoms with van der Waals surface area (Å²) in [6, 6.07) is 10.4. The Morgan fingerprint density at radius 1 is 1.23 bits per heavy atom. The Hall–Kier alpha value is -0.953. The zero-order valence-electron chi connectivity index (χ0n) is 17.0. The van der Waals surface area contributed by atoms with E-state index in [1.807, 2.05) is 23.7 Å². The van der Waals surface area contributed by atoms with Gasteiger partial charge in [0.1, 0.15) is 0 Å². The first-order chi connectivity index (χ1) is 12.0. The average molecular weight is 439 g/mol. The molecule has 0 fully saturated rings. The third-order valence-corrected chi connectivity index (χ3v) is 10.2. The molecule has 0 aliphatic heterocycles. The maximum absolute atomic E-state index is 6.35. The maximum atomic E-state index is 6.35. The van der Waals surface area contributed by atoms with Gasteiger partial charge in [0.15, 0.2) is 8.32 Å². The van der Waals surface area contributed by atoms with E-state index in [4.69, 9.17) is 14.3 Å². The van der Waals surface area contributed by atoms with Crippen LogP contribution in [0, 0.1) is 0 Å². The van der Waals surface area contributed by atoms with Crippen LogP contribution in [0.4, 0.5) is 0 Å². The number of benzene rings is 1. The summed E-state index contributed by atoms with van der Waals surface area (Å²) in [6.45, 7) is 14.6. The first-order valence-corrected chi connectivity index (χ1v) is 12.7. The monoisotopic (exact) mass is 438 g/mol. The Morgan fingerprint density at radius 3 is 2.50 bits per heavy atom. The van der Waals surface area contributed by atoms with Crippen LogP contribution in [0.2, 0.25) is 18.1 Å². The van der Waals surface area contributed by atoms with Gasteiger partial charge in [0.2, 0.25) is 0 Å². The Balaban J connectivity index is 2.23. The number of halogens is 1. The summed E-state index contributed by atoms with van der Waals surface area (Å²) in [4.78, 5) is 0. The molecule has 0 spiro atoms. The number of rotatable bonds is 7. The first-order valence-electron chi connectivity index (χ1n) is 9.01. The summed E-state index contributed by atoms with van der Waals surface area (Å²) >= 11 is 3.54. The molecule has 1 heterocycles. The lowest BCUT2D eigenvalue weighted by atomic mass is 10.2. The van der Waals surface area contributed by atoms with Crippen LogP contribution in [0.3, 0.4) is 0 Å². The molecule has 0 saturated heterocycles. The molecule has 1 aromatic heterocycles. The standard InChI is InChI=1S/C20H31BrN2O2Si/c1-15(24-5)19-12-18(14-25-26(6,7)20(2,3)4)22-23(19)13-16-9-8-10-17(21)11-16/h8-12,15H,13-14H2,1-7H3. The van der Waals surface area contributed by atoms with Crippen molar-refractivity contribution >= 4 is 24.2 Å². The lowest BCUT2D eigenvalue weighted by molar-refractivity contribution is 0.112. The van der Waals surface area contributed by atoms with Gasteiger partial charge in [-0.2, -0.15) is 5.10 Å². The van der Waals surface area contributed by atoms with Crippen molar-refractivity contribution in [3.05, 3.63) is 51.8 Å². The quantitative estimate of drug-likeness (QED) is 0.502. The highest BCUT2D eigenvalue weighted by atomic mass is 79.9. The number of nitrogens with zero attached hydrogens (tertiary/aromatic N) is 2. The molecule has 2 aromatic rings. The lowest BCUT2D eigenvalue weighted by Crippen LogP contribution is -2.40. The molecule has 144 valence electrons. The minimum absolute atomic E-state index is 0.0173. The lowest BCUT2D eigenvalue weighted by Gasteiger charge is -2.35. The van der Waals surface area contributed by atoms with Gasteiger partial charge >= 0.3 is 0 Å². The van der Waals surface area contributed by atoms with Crippen molar-refractivity contribution in [3.63, 3.8) is 0 Å². The number of hydrogen-bond donors (Lipinski definition) is 0. The Bertz CT molecular complexity index is 738. The number of ether oxygens (including phenoxy) is 1. The van der Waals surface area contributed by atoms with Crippen molar-refractivity contribution in [2.45, 2.75) is 65.1 Å². The molecule has 0 aliphatic carbocycles. The summed E-state index contributed by atoms with van der Waals surface area (Å²) in [6.07, 6.45) is -0.0173. The van der Waals surface area contributed by atoms with Gasteiger partial charge in [0, 0.05) is 11.6 Å². The zero-order chi connectivity index (χ0) is 19.5. The predicted octanol–water partition coefficient (Wildman–Crippen LogP) is 5.92. The second-order valence-corrected chi connectivity index (χ2v) is 14.0. The van der Waals surface area contributed by atoms with E-state index in [1.165, 1.54) is 5.56 Å². The molecule has 0 amide bonds. The van der Waals surface area contributed by atoms with E-state index in [9.17, 15) is 0 Å². The minimum Gasteiger partial charge on any atom is -0.411 e. The van der Waals surface area contributed by atoms with Gasteiger partial charge in [-0.15, -0.1) is 0 Å². The van der Waals surface area contributed by atoms with Crippen molar-refractivity contribution in [1.29, 1.82) is 0 Å². The largest absolute Gasteiger partial charge is 0.411 e. The molecule has 2 rings (SSSR count). The topological polar surface area (TPSA) is 36.3 Å². The summed E-state index contributed by atoms with van der Waals surface area (Å²) < 4.78 is 15.0. The second kappa shape index (κ2) is 8.38. The summed E-state index contributed by atoms with van der Waals surface area (Å²) in [5.74, 6) is 0. The minimum atomic E-state index is -1.80. The molecule has 0 saturated carbocycles. The van der Waals surface area contributed by atoms with Crippen LogP contribution in [0.25, 0.3) is 0 Å². The molecule has 0 radical (unpaired) electrons. The molecular formula is C20H31BrN2O2Si. The third-order valence-electron chi connectivity index (χ3n) is 5.24. The zero-order valence-corrected chi connectivity index (χ0v) is 19.6. The Labute approximate surface area is 167 Å². The molecule has 0 N–H and O–H groups in total. The predicted molar refractivity (Wildman–Crippen MR) is 113 cm³/mol. The van der Waals surface area contributed by atoms with Crippen LogP contribution < -0.4 is 0 Å². The van der Waals surface area contributed by atoms with E-state index >= 15 is 0 Å². The Morgan fingerprint density at radius 2 is 1.92 bits per heavy atom. The van der Waals surface area contributed by atoms with Crippen LogP contribution in [0.1, 0.15) is 50.8 Å². The van der Waals surface area contributed by atoms with Crippen molar-refractivity contribution in [1.82, 2.24) is 9.78 Å². The van der Waals surface area contributed by atoms with Crippen molar-refractivity contribution < 1.29 is 9.16 Å². The number of hydrogen-bond acceptors (Lipinski definition) is 3. The van der Waals surface area contributed by atoms with Crippen molar-refractivity contribution in [2.75, 3.05) is 7.11 Å². The van der Waals surface area contributed by atoms with E-state index in [-0.39, 0.29) is 11.1 Å². The van der Waals surface area contributed by atoms with E-state index in [1.54, 1.807) is 7.11 Å². The van der Waals surface area contributed by atoms with Gasteiger partial charge in [-0.3, -0.25) is 4.68 Å². The van der Waals surface area contributed by atoms with E-state index in [2.05, 4.69) is 68.0 Å². The SMILES string of the molecule is COC(C)c1cc(CO[Si](C)(C)C(C)(C)C)nn1Cc1cccc(Br)c1. The summed E-state index contributed by atoms with van der Waals surface area (Å²) in [5, 5.41) is 5.00. The van der Waals surface area contributed by atoms with Crippen LogP contribution >= 0.6 is 15.9 Å². The highest BCUT2D eigenvalue weighted by Crippen LogP contribution is 2.37. The molecule has 0 bridgehead atoms. The summed E-state index contributed by atoms with van der Waals surface area (Å²) in [7, 11) is -0.0705. The molecule has 26 heavy (non-hydrogen) atoms. The second-order valence-electron chi connectivity index (χ2n) is 8.28. The van der Waals surface area contributed by atoms with Gasteiger partial charge in [-0.25, -0.2) is 0 Å². The third kappa shape index (κ3) is 5.28. The van der Waals surface area contributed by atoms with E-state index in [0.717, 1.165) is 15.9 Å². The maximum Gasteiger partial charge on any atom is 0.192 e. The van der Waals surface area contributed by atoms with Crippen LogP contribution in [-0.2, 0) is 22.3 Å². The molecule has 1 atom stereocenters. The van der Waals surface area contributed by atoms with Gasteiger partial charge in [0.25, 0.3) is 0 Å². The summed E-state index contributed by atoms with van der Waals surface area (Å²) in [5.41, 5.74) is 3.23. The van der Waals surface area contributed by atoms with Gasteiger partial charge in [-0.05, 0) is 48.8 Å². The molecular weight excluding hydrogens is 408 g/mol. The van der Waals surface area contributed by atoms with E-state index < -0.39 is 8.32 Å². The number of methoxy groups -OCH3 is 1. The van der Waals surface area contributed by atoms with Gasteiger partial charge in [-0.1, -0.05) is 48.8 Å². The van der Waals surface area contributed by atoms with Crippen LogP contribution in [-0.4, -0.2) is 25.2 Å². The molecule has 4 nitrogen and oxygen atoms in total. The molecule has 1 aromatic carbocycles. The highest BCUT2D eigenvalue weighted by molar-refractivity contribution is 9.10. The fourth-order valence-corrected chi connectivity index (χ4v) is 3.80. The highest BCUT2D eigenvalue weighted by Gasteiger charge is 2.37. The van der Waals surface area contributed by atoms with Gasteiger partial charge < -0.3 is 9.16 Å². The Kier molecular flexibility index (Phi) is 6.88. The van der Waals surface area contributed by atoms with Crippen LogP contribution in [0.15, 0.2) is 34.8 Å². The van der Waals surface area contributed by atoms with Gasteiger partial charge in [0.05, 0.1) is 30.6 Å². The smallest absolute Gasteiger partial charge is 0.192 e. The fraction of sp³-hybridized carbons (Fsp3) is 0.550.